The first-order valence-corrected chi connectivity index (χ1v) is 11.1. The number of H-pyrrole nitrogens is 1. The molecule has 1 atom stereocenters. The molecule has 0 bridgehead atoms. The zero-order valence-electron chi connectivity index (χ0n) is 16.4. The molecule has 2 saturated heterocycles. The van der Waals surface area contributed by atoms with Gasteiger partial charge in [0.15, 0.2) is 5.78 Å². The van der Waals surface area contributed by atoms with Gasteiger partial charge >= 0.3 is 6.03 Å². The van der Waals surface area contributed by atoms with Gasteiger partial charge in [0.05, 0.1) is 6.54 Å². The third kappa shape index (κ3) is 2.87. The summed E-state index contributed by atoms with van der Waals surface area (Å²) in [5, 5.41) is 4.79. The summed E-state index contributed by atoms with van der Waals surface area (Å²) >= 11 is 1.59. The van der Waals surface area contributed by atoms with Crippen molar-refractivity contribution >= 4 is 35.0 Å². The van der Waals surface area contributed by atoms with Crippen molar-refractivity contribution in [3.8, 4) is 0 Å². The molecule has 1 spiro atoms. The Morgan fingerprint density at radius 3 is 2.77 bits per heavy atom. The van der Waals surface area contributed by atoms with Crippen LogP contribution in [0.4, 0.5) is 4.79 Å². The van der Waals surface area contributed by atoms with Gasteiger partial charge in [-0.15, -0.1) is 11.3 Å². The van der Waals surface area contributed by atoms with Crippen molar-refractivity contribution in [2.45, 2.75) is 37.6 Å². The molecule has 0 radical (unpaired) electrons. The number of likely N-dealkylation sites (tertiary alicyclic amines) is 1. The predicted molar refractivity (Wildman–Crippen MR) is 109 cm³/mol. The molecule has 3 aliphatic rings. The lowest BCUT2D eigenvalue weighted by Crippen LogP contribution is -2.46. The molecule has 0 saturated carbocycles. The number of aryl methyl sites for hydroxylation is 1. The van der Waals surface area contributed by atoms with Gasteiger partial charge in [0.25, 0.3) is 11.8 Å². The SMILES string of the molecule is O=C(CN1C(=O)NC2(CCCc3sccc32)C1=O)c1c[nH]c(C(=O)N2CCCC2)c1. The molecule has 1 aliphatic carbocycles. The van der Waals surface area contributed by atoms with E-state index in [0.29, 0.717) is 17.7 Å². The van der Waals surface area contributed by atoms with Crippen LogP contribution in [0.2, 0.25) is 0 Å². The number of ketones is 1. The number of fused-ring (bicyclic) bond motifs is 2. The van der Waals surface area contributed by atoms with E-state index in [1.165, 1.54) is 12.3 Å². The van der Waals surface area contributed by atoms with E-state index in [1.807, 2.05) is 11.4 Å². The van der Waals surface area contributed by atoms with Crippen molar-refractivity contribution in [1.29, 1.82) is 0 Å². The van der Waals surface area contributed by atoms with Gasteiger partial charge in [-0.2, -0.15) is 0 Å². The Balaban J connectivity index is 1.33. The molecule has 2 fully saturated rings. The third-order valence-corrected chi connectivity index (χ3v) is 7.25. The van der Waals surface area contributed by atoms with Crippen molar-refractivity contribution < 1.29 is 19.2 Å². The zero-order chi connectivity index (χ0) is 20.9. The fourth-order valence-electron chi connectivity index (χ4n) is 4.69. The Bertz CT molecular complexity index is 1050. The van der Waals surface area contributed by atoms with E-state index in [-0.39, 0.29) is 24.1 Å². The third-order valence-electron chi connectivity index (χ3n) is 6.27. The summed E-state index contributed by atoms with van der Waals surface area (Å²) in [5.41, 5.74) is 0.440. The van der Waals surface area contributed by atoms with Gasteiger partial charge in [0.1, 0.15) is 11.2 Å². The van der Waals surface area contributed by atoms with Crippen LogP contribution in [0.5, 0.6) is 0 Å². The Morgan fingerprint density at radius 1 is 1.17 bits per heavy atom. The quantitative estimate of drug-likeness (QED) is 0.578. The minimum absolute atomic E-state index is 0.132. The van der Waals surface area contributed by atoms with Crippen molar-refractivity contribution in [2.24, 2.45) is 0 Å². The molecule has 156 valence electrons. The fraction of sp³-hybridized carbons (Fsp3) is 0.429. The maximum atomic E-state index is 13.2. The first-order chi connectivity index (χ1) is 14.5. The molecular formula is C21H22N4O4S. The van der Waals surface area contributed by atoms with Gasteiger partial charge in [0.2, 0.25) is 0 Å². The lowest BCUT2D eigenvalue weighted by molar-refractivity contribution is -0.131. The summed E-state index contributed by atoms with van der Waals surface area (Å²) in [7, 11) is 0. The highest BCUT2D eigenvalue weighted by Crippen LogP contribution is 2.42. The van der Waals surface area contributed by atoms with Gasteiger partial charge in [-0.3, -0.25) is 19.3 Å². The van der Waals surface area contributed by atoms with Gasteiger partial charge < -0.3 is 15.2 Å². The number of Topliss-reactive ketones (excluding diaryl/α,β-unsaturated/α-hetero) is 1. The molecule has 2 N–H and O–H groups in total. The lowest BCUT2D eigenvalue weighted by atomic mass is 9.80. The normalized spacial score (nSPS) is 23.2. The van der Waals surface area contributed by atoms with E-state index in [4.69, 9.17) is 0 Å². The van der Waals surface area contributed by atoms with Gasteiger partial charge in [-0.25, -0.2) is 4.79 Å². The maximum absolute atomic E-state index is 13.2. The molecule has 0 aromatic carbocycles. The van der Waals surface area contributed by atoms with E-state index in [0.717, 1.165) is 54.1 Å². The number of carbonyl (C=O) groups excluding carboxylic acids is 4. The number of nitrogens with one attached hydrogen (secondary N) is 2. The second kappa shape index (κ2) is 7.09. The van der Waals surface area contributed by atoms with Crippen LogP contribution in [0.15, 0.2) is 23.7 Å². The molecule has 4 amide bonds. The first-order valence-electron chi connectivity index (χ1n) is 10.2. The minimum Gasteiger partial charge on any atom is -0.356 e. The Labute approximate surface area is 177 Å². The van der Waals surface area contributed by atoms with Gasteiger partial charge in [-0.1, -0.05) is 0 Å². The number of aromatic nitrogens is 1. The predicted octanol–water partition coefficient (Wildman–Crippen LogP) is 2.28. The average molecular weight is 426 g/mol. The highest BCUT2D eigenvalue weighted by molar-refractivity contribution is 7.10. The largest absolute Gasteiger partial charge is 0.356 e. The van der Waals surface area contributed by atoms with Crippen LogP contribution < -0.4 is 5.32 Å². The van der Waals surface area contributed by atoms with Crippen LogP contribution in [0, 0.1) is 0 Å². The minimum atomic E-state index is -1.06. The summed E-state index contributed by atoms with van der Waals surface area (Å²) < 4.78 is 0. The second-order valence-electron chi connectivity index (χ2n) is 8.06. The van der Waals surface area contributed by atoms with Crippen LogP contribution in [-0.2, 0) is 16.8 Å². The molecule has 1 unspecified atom stereocenters. The van der Waals surface area contributed by atoms with E-state index in [2.05, 4.69) is 10.3 Å². The van der Waals surface area contributed by atoms with Crippen LogP contribution >= 0.6 is 11.3 Å². The standard InChI is InChI=1S/C21H22N4O4S/c26-16(13-10-15(22-11-13)18(27)24-7-1-2-8-24)12-25-19(28)21(23-20(25)29)6-3-4-17-14(21)5-9-30-17/h5,9-11,22H,1-4,6-8,12H2,(H,23,29). The molecule has 4 heterocycles. The first kappa shape index (κ1) is 19.0. The van der Waals surface area contributed by atoms with Gasteiger partial charge in [-0.05, 0) is 49.6 Å². The number of imide groups is 1. The molecule has 30 heavy (non-hydrogen) atoms. The van der Waals surface area contributed by atoms with E-state index in [1.54, 1.807) is 16.2 Å². The number of amides is 4. The summed E-state index contributed by atoms with van der Waals surface area (Å²) in [4.78, 5) is 57.9. The summed E-state index contributed by atoms with van der Waals surface area (Å²) in [6, 6.07) is 2.86. The van der Waals surface area contributed by atoms with Crippen molar-refractivity contribution in [1.82, 2.24) is 20.1 Å². The highest BCUT2D eigenvalue weighted by atomic mass is 32.1. The molecule has 2 aromatic rings. The van der Waals surface area contributed by atoms with Crippen molar-refractivity contribution in [3.05, 3.63) is 45.4 Å². The van der Waals surface area contributed by atoms with Crippen LogP contribution in [0.25, 0.3) is 0 Å². The number of carbonyl (C=O) groups is 4. The summed E-state index contributed by atoms with van der Waals surface area (Å²) in [6.07, 6.45) is 5.67. The topological polar surface area (TPSA) is 103 Å². The molecule has 2 aliphatic heterocycles. The Hall–Kier alpha value is -2.94. The van der Waals surface area contributed by atoms with Crippen LogP contribution in [0.3, 0.4) is 0 Å². The van der Waals surface area contributed by atoms with E-state index < -0.39 is 11.6 Å². The smallest absolute Gasteiger partial charge is 0.325 e. The number of aromatic amines is 1. The van der Waals surface area contributed by atoms with E-state index >= 15 is 0 Å². The summed E-state index contributed by atoms with van der Waals surface area (Å²) in [5.74, 6) is -0.884. The number of rotatable bonds is 4. The number of urea groups is 1. The molecule has 8 nitrogen and oxygen atoms in total. The number of hydrogen-bond donors (Lipinski definition) is 2. The van der Waals surface area contributed by atoms with Crippen LogP contribution in [0.1, 0.15) is 57.0 Å². The van der Waals surface area contributed by atoms with Crippen molar-refractivity contribution in [2.75, 3.05) is 19.6 Å². The average Bonchev–Trinajstić information content (AvgIpc) is 3.52. The maximum Gasteiger partial charge on any atom is 0.325 e. The van der Waals surface area contributed by atoms with E-state index in [9.17, 15) is 19.2 Å². The Morgan fingerprint density at radius 2 is 1.97 bits per heavy atom. The van der Waals surface area contributed by atoms with Gasteiger partial charge in [0, 0.05) is 35.3 Å². The second-order valence-corrected chi connectivity index (χ2v) is 9.06. The Kier molecular flexibility index (Phi) is 4.50. The van der Waals surface area contributed by atoms with Crippen LogP contribution in [-0.4, -0.2) is 58.0 Å². The molecule has 2 aromatic heterocycles. The fourth-order valence-corrected chi connectivity index (χ4v) is 5.69. The zero-order valence-corrected chi connectivity index (χ0v) is 17.2. The highest BCUT2D eigenvalue weighted by Gasteiger charge is 2.54. The number of hydrogen-bond acceptors (Lipinski definition) is 5. The molecule has 5 rings (SSSR count). The number of thiophene rings is 1. The monoisotopic (exact) mass is 426 g/mol. The molecule has 9 heteroatoms. The van der Waals surface area contributed by atoms with Crippen molar-refractivity contribution in [3.63, 3.8) is 0 Å². The lowest BCUT2D eigenvalue weighted by Gasteiger charge is -2.31. The molecular weight excluding hydrogens is 404 g/mol. The summed E-state index contributed by atoms with van der Waals surface area (Å²) in [6.45, 7) is 1.09. The number of nitrogens with zero attached hydrogens (tertiary/aromatic N) is 2.